The van der Waals surface area contributed by atoms with Crippen molar-refractivity contribution in [1.82, 2.24) is 5.32 Å². The first-order valence-corrected chi connectivity index (χ1v) is 10.8. The highest BCUT2D eigenvalue weighted by atomic mass is 35.5. The van der Waals surface area contributed by atoms with Crippen LogP contribution in [0.5, 0.6) is 5.75 Å². The third kappa shape index (κ3) is 3.80. The van der Waals surface area contributed by atoms with Crippen LogP contribution in [0.2, 0.25) is 5.02 Å². The van der Waals surface area contributed by atoms with E-state index in [-0.39, 0.29) is 24.3 Å². The van der Waals surface area contributed by atoms with Gasteiger partial charge < -0.3 is 21.1 Å². The Kier molecular flexibility index (Phi) is 5.83. The monoisotopic (exact) mass is 456 g/mol. The summed E-state index contributed by atoms with van der Waals surface area (Å²) < 4.78 is 5.16. The normalized spacial score (nSPS) is 23.7. The van der Waals surface area contributed by atoms with Gasteiger partial charge >= 0.3 is 0 Å². The molecule has 0 unspecified atom stereocenters. The van der Waals surface area contributed by atoms with Crippen molar-refractivity contribution >= 4 is 40.7 Å². The minimum atomic E-state index is -1.29. The highest BCUT2D eigenvalue weighted by Gasteiger charge is 2.60. The number of anilines is 2. The first kappa shape index (κ1) is 22.1. The van der Waals surface area contributed by atoms with Crippen molar-refractivity contribution in [3.05, 3.63) is 52.5 Å². The smallest absolute Gasteiger partial charge is 0.250 e. The molecule has 4 rings (SSSR count). The molecule has 0 saturated carbocycles. The van der Waals surface area contributed by atoms with Crippen molar-refractivity contribution in [1.29, 1.82) is 0 Å². The standard InChI is InChI=1S/C23H25ClN4O4/c1-12-9-13(24)10-17-20(12)27-22(31)23(17)18(11-15(28-23)5-8-19(25)29)21(30)26-14-3-6-16(32-2)7-4-14/h3-4,6-7,9-10,15,18,28H,5,8,11H2,1-2H3,(H2,25,29)(H,26,30)(H,27,31)/t15-,18+,23+/m1/s1. The summed E-state index contributed by atoms with van der Waals surface area (Å²) in [4.78, 5) is 38.1. The van der Waals surface area contributed by atoms with E-state index < -0.39 is 17.4 Å². The average molecular weight is 457 g/mol. The Morgan fingerprint density at radius 1 is 1.28 bits per heavy atom. The molecular weight excluding hydrogens is 432 g/mol. The number of nitrogens with one attached hydrogen (secondary N) is 3. The maximum absolute atomic E-state index is 13.5. The fraction of sp³-hybridized carbons (Fsp3) is 0.348. The molecule has 0 aliphatic carbocycles. The van der Waals surface area contributed by atoms with Gasteiger partial charge in [-0.05, 0) is 61.7 Å². The molecular formula is C23H25ClN4O4. The molecule has 3 atom stereocenters. The molecule has 9 heteroatoms. The molecule has 2 aromatic carbocycles. The van der Waals surface area contributed by atoms with Crippen LogP contribution in [0.1, 0.15) is 30.4 Å². The number of benzene rings is 2. The molecule has 8 nitrogen and oxygen atoms in total. The fourth-order valence-electron chi connectivity index (χ4n) is 4.70. The molecule has 2 aromatic rings. The molecule has 2 aliphatic rings. The predicted molar refractivity (Wildman–Crippen MR) is 122 cm³/mol. The predicted octanol–water partition coefficient (Wildman–Crippen LogP) is 2.69. The summed E-state index contributed by atoms with van der Waals surface area (Å²) in [6.45, 7) is 1.86. The lowest BCUT2D eigenvalue weighted by Crippen LogP contribution is -2.52. The van der Waals surface area contributed by atoms with Crippen LogP contribution in [0.4, 0.5) is 11.4 Å². The van der Waals surface area contributed by atoms with Crippen LogP contribution in [-0.4, -0.2) is 30.9 Å². The lowest BCUT2D eigenvalue weighted by molar-refractivity contribution is -0.130. The molecule has 0 bridgehead atoms. The van der Waals surface area contributed by atoms with Crippen LogP contribution >= 0.6 is 11.6 Å². The lowest BCUT2D eigenvalue weighted by atomic mass is 9.79. The van der Waals surface area contributed by atoms with Crippen LogP contribution < -0.4 is 26.4 Å². The fourth-order valence-corrected chi connectivity index (χ4v) is 4.97. The van der Waals surface area contributed by atoms with Crippen molar-refractivity contribution in [2.45, 2.75) is 37.8 Å². The van der Waals surface area contributed by atoms with Crippen molar-refractivity contribution in [2.24, 2.45) is 11.7 Å². The number of hydrogen-bond donors (Lipinski definition) is 4. The van der Waals surface area contributed by atoms with E-state index in [1.807, 2.05) is 6.92 Å². The molecule has 3 amide bonds. The summed E-state index contributed by atoms with van der Waals surface area (Å²) in [6.07, 6.45) is 0.947. The maximum Gasteiger partial charge on any atom is 0.250 e. The number of ether oxygens (including phenoxy) is 1. The Morgan fingerprint density at radius 2 is 2.00 bits per heavy atom. The van der Waals surface area contributed by atoms with E-state index in [1.54, 1.807) is 43.5 Å². The SMILES string of the molecule is COc1ccc(NC(=O)[C@@H]2C[C@@H](CCC(N)=O)N[C@]23C(=O)Nc2c(C)cc(Cl)cc23)cc1. The molecule has 0 aromatic heterocycles. The van der Waals surface area contributed by atoms with Gasteiger partial charge in [0, 0.05) is 34.4 Å². The summed E-state index contributed by atoms with van der Waals surface area (Å²) >= 11 is 6.32. The molecule has 168 valence electrons. The molecule has 5 N–H and O–H groups in total. The summed E-state index contributed by atoms with van der Waals surface area (Å²) in [7, 11) is 1.57. The van der Waals surface area contributed by atoms with Gasteiger partial charge in [0.05, 0.1) is 13.0 Å². The Balaban J connectivity index is 1.71. The average Bonchev–Trinajstić information content (AvgIpc) is 3.27. The zero-order valence-electron chi connectivity index (χ0n) is 17.8. The Bertz CT molecular complexity index is 1090. The number of methoxy groups -OCH3 is 1. The molecule has 2 aliphatic heterocycles. The topological polar surface area (TPSA) is 123 Å². The molecule has 1 saturated heterocycles. The minimum Gasteiger partial charge on any atom is -0.497 e. The largest absolute Gasteiger partial charge is 0.497 e. The number of primary amides is 1. The van der Waals surface area contributed by atoms with Crippen LogP contribution in [-0.2, 0) is 19.9 Å². The summed E-state index contributed by atoms with van der Waals surface area (Å²) in [5, 5.41) is 9.68. The second kappa shape index (κ2) is 8.44. The molecule has 1 fully saturated rings. The highest BCUT2D eigenvalue weighted by molar-refractivity contribution is 6.31. The second-order valence-electron chi connectivity index (χ2n) is 8.26. The van der Waals surface area contributed by atoms with Crippen molar-refractivity contribution in [3.8, 4) is 5.75 Å². The van der Waals surface area contributed by atoms with E-state index in [2.05, 4.69) is 16.0 Å². The highest BCUT2D eigenvalue weighted by Crippen LogP contribution is 2.49. The Hall–Kier alpha value is -3.10. The Labute approximate surface area is 190 Å². The van der Waals surface area contributed by atoms with E-state index in [4.69, 9.17) is 22.1 Å². The van der Waals surface area contributed by atoms with Gasteiger partial charge in [0.15, 0.2) is 0 Å². The van der Waals surface area contributed by atoms with E-state index in [1.165, 1.54) is 0 Å². The van der Waals surface area contributed by atoms with E-state index in [0.29, 0.717) is 40.6 Å². The summed E-state index contributed by atoms with van der Waals surface area (Å²) in [6, 6.07) is 10.2. The number of nitrogens with two attached hydrogens (primary N) is 1. The lowest BCUT2D eigenvalue weighted by Gasteiger charge is -2.29. The quantitative estimate of drug-likeness (QED) is 0.532. The Morgan fingerprint density at radius 3 is 2.66 bits per heavy atom. The number of rotatable bonds is 6. The number of fused-ring (bicyclic) bond motifs is 2. The van der Waals surface area contributed by atoms with Crippen molar-refractivity contribution in [3.63, 3.8) is 0 Å². The molecule has 1 spiro atoms. The van der Waals surface area contributed by atoms with Gasteiger partial charge in [0.25, 0.3) is 0 Å². The van der Waals surface area contributed by atoms with Crippen LogP contribution in [0, 0.1) is 12.8 Å². The molecule has 2 heterocycles. The van der Waals surface area contributed by atoms with E-state index in [9.17, 15) is 14.4 Å². The summed E-state index contributed by atoms with van der Waals surface area (Å²) in [5.41, 5.74) is 6.74. The van der Waals surface area contributed by atoms with Gasteiger partial charge in [-0.2, -0.15) is 0 Å². The third-order valence-corrected chi connectivity index (χ3v) is 6.43. The zero-order valence-corrected chi connectivity index (χ0v) is 18.6. The van der Waals surface area contributed by atoms with Crippen LogP contribution in [0.3, 0.4) is 0 Å². The van der Waals surface area contributed by atoms with Crippen molar-refractivity contribution < 1.29 is 19.1 Å². The second-order valence-corrected chi connectivity index (χ2v) is 8.70. The van der Waals surface area contributed by atoms with Gasteiger partial charge in [-0.15, -0.1) is 0 Å². The number of hydrogen-bond acceptors (Lipinski definition) is 5. The van der Waals surface area contributed by atoms with Gasteiger partial charge in [0.1, 0.15) is 11.3 Å². The van der Waals surface area contributed by atoms with E-state index >= 15 is 0 Å². The van der Waals surface area contributed by atoms with Crippen LogP contribution in [0.15, 0.2) is 36.4 Å². The number of aryl methyl sites for hydroxylation is 1. The van der Waals surface area contributed by atoms with E-state index in [0.717, 1.165) is 5.56 Å². The molecule has 32 heavy (non-hydrogen) atoms. The van der Waals surface area contributed by atoms with Gasteiger partial charge in [-0.25, -0.2) is 0 Å². The molecule has 0 radical (unpaired) electrons. The van der Waals surface area contributed by atoms with Crippen LogP contribution in [0.25, 0.3) is 0 Å². The minimum absolute atomic E-state index is 0.156. The van der Waals surface area contributed by atoms with Gasteiger partial charge in [-0.3, -0.25) is 19.7 Å². The third-order valence-electron chi connectivity index (χ3n) is 6.21. The first-order chi connectivity index (χ1) is 15.2. The van der Waals surface area contributed by atoms with Gasteiger partial charge in [0.2, 0.25) is 17.7 Å². The van der Waals surface area contributed by atoms with Crippen molar-refractivity contribution in [2.75, 3.05) is 17.7 Å². The summed E-state index contributed by atoms with van der Waals surface area (Å²) in [5.74, 6) is -1.09. The van der Waals surface area contributed by atoms with Gasteiger partial charge in [-0.1, -0.05) is 11.6 Å². The first-order valence-electron chi connectivity index (χ1n) is 10.4. The number of halogens is 1. The number of carbonyl (C=O) groups excluding carboxylic acids is 3. The zero-order chi connectivity index (χ0) is 23.0. The number of carbonyl (C=O) groups is 3. The maximum atomic E-state index is 13.5. The number of amides is 3.